The first-order valence-corrected chi connectivity index (χ1v) is 6.01. The van der Waals surface area contributed by atoms with E-state index in [2.05, 4.69) is 31.2 Å². The minimum atomic E-state index is -1.36. The third-order valence-corrected chi connectivity index (χ3v) is 2.32. The van der Waals surface area contributed by atoms with Gasteiger partial charge in [-0.2, -0.15) is 0 Å². The van der Waals surface area contributed by atoms with Crippen LogP contribution in [0, 0.1) is 0 Å². The van der Waals surface area contributed by atoms with E-state index >= 15 is 0 Å². The van der Waals surface area contributed by atoms with E-state index in [-0.39, 0.29) is 11.3 Å². The molecule has 0 saturated carbocycles. The molecule has 0 aromatic heterocycles. The van der Waals surface area contributed by atoms with Gasteiger partial charge < -0.3 is 20.4 Å². The molecule has 0 aliphatic rings. The van der Waals surface area contributed by atoms with Crippen LogP contribution in [0.1, 0.15) is 44.5 Å². The highest BCUT2D eigenvalue weighted by Crippen LogP contribution is 2.16. The largest absolute Gasteiger partial charge is 0.545 e. The second-order valence-corrected chi connectivity index (χ2v) is 4.90. The van der Waals surface area contributed by atoms with Crippen molar-refractivity contribution in [2.75, 3.05) is 0 Å². The number of para-hydroxylation sites is 1. The van der Waals surface area contributed by atoms with Gasteiger partial charge >= 0.3 is 5.97 Å². The van der Waals surface area contributed by atoms with E-state index < -0.39 is 11.9 Å². The molecule has 0 aliphatic carbocycles. The van der Waals surface area contributed by atoms with Crippen LogP contribution in [0.4, 0.5) is 0 Å². The average Bonchev–Trinajstić information content (AvgIpc) is 2.28. The van der Waals surface area contributed by atoms with Gasteiger partial charge in [-0.05, 0) is 32.4 Å². The van der Waals surface area contributed by atoms with Crippen LogP contribution in [-0.4, -0.2) is 17.5 Å². The summed E-state index contributed by atoms with van der Waals surface area (Å²) in [4.78, 5) is 21.1. The summed E-state index contributed by atoms with van der Waals surface area (Å²) in [7, 11) is 0. The standard InChI is InChI=1S/C9H8O4.C5H13N/c1-6(10)13-8-5-3-2-4-7(8)9(11)12;1-4-5(2,3)6/h2-5H,1H3,(H,11,12);4,6H2,1-3H3. The number of aromatic carboxylic acids is 1. The van der Waals surface area contributed by atoms with Crippen LogP contribution >= 0.6 is 0 Å². The highest BCUT2D eigenvalue weighted by atomic mass is 16.5. The molecule has 0 aliphatic heterocycles. The Morgan fingerprint density at radius 3 is 2.16 bits per heavy atom. The quantitative estimate of drug-likeness (QED) is 0.633. The number of hydrogen-bond donors (Lipinski definition) is 1. The molecule has 0 radical (unpaired) electrons. The maximum Gasteiger partial charge on any atom is 0.308 e. The van der Waals surface area contributed by atoms with Gasteiger partial charge in [0.2, 0.25) is 0 Å². The predicted octanol–water partition coefficient (Wildman–Crippen LogP) is 0.392. The second-order valence-electron chi connectivity index (χ2n) is 4.90. The minimum Gasteiger partial charge on any atom is -0.545 e. The van der Waals surface area contributed by atoms with Gasteiger partial charge in [-0.1, -0.05) is 19.1 Å². The summed E-state index contributed by atoms with van der Waals surface area (Å²) >= 11 is 0. The van der Waals surface area contributed by atoms with Gasteiger partial charge in [0.05, 0.1) is 11.5 Å². The highest BCUT2D eigenvalue weighted by Gasteiger charge is 2.08. The number of carbonyl (C=O) groups is 2. The van der Waals surface area contributed by atoms with Gasteiger partial charge in [-0.25, -0.2) is 0 Å². The van der Waals surface area contributed by atoms with Gasteiger partial charge in [0.1, 0.15) is 5.75 Å². The third kappa shape index (κ3) is 7.94. The van der Waals surface area contributed by atoms with Crippen molar-refractivity contribution in [3.05, 3.63) is 29.8 Å². The minimum absolute atomic E-state index is 0.00926. The van der Waals surface area contributed by atoms with Crippen molar-refractivity contribution in [2.45, 2.75) is 39.7 Å². The van der Waals surface area contributed by atoms with E-state index in [1.165, 1.54) is 25.1 Å². The van der Waals surface area contributed by atoms with E-state index in [0.29, 0.717) is 5.54 Å². The summed E-state index contributed by atoms with van der Waals surface area (Å²) in [6, 6.07) is 5.81. The lowest BCUT2D eigenvalue weighted by Gasteiger charge is -2.08. The van der Waals surface area contributed by atoms with Crippen LogP contribution in [0.2, 0.25) is 0 Å². The predicted molar refractivity (Wildman–Crippen MR) is 69.3 cm³/mol. The number of carboxylic acid groups (broad SMARTS) is 1. The van der Waals surface area contributed by atoms with Crippen LogP contribution in [-0.2, 0) is 4.79 Å². The molecule has 1 aromatic rings. The molecule has 0 saturated heterocycles. The zero-order valence-electron chi connectivity index (χ0n) is 11.9. The zero-order valence-corrected chi connectivity index (χ0v) is 11.9. The second kappa shape index (κ2) is 7.53. The van der Waals surface area contributed by atoms with Crippen molar-refractivity contribution in [3.63, 3.8) is 0 Å². The highest BCUT2D eigenvalue weighted by molar-refractivity contribution is 5.90. The number of benzene rings is 1. The van der Waals surface area contributed by atoms with Gasteiger partial charge in [-0.15, -0.1) is 0 Å². The van der Waals surface area contributed by atoms with Crippen molar-refractivity contribution in [1.82, 2.24) is 0 Å². The molecule has 1 rings (SSSR count). The van der Waals surface area contributed by atoms with Gasteiger partial charge in [0, 0.05) is 12.5 Å². The number of hydrogen-bond acceptors (Lipinski definition) is 4. The van der Waals surface area contributed by atoms with Crippen LogP contribution in [0.25, 0.3) is 0 Å². The Hall–Kier alpha value is -1.88. The first-order valence-electron chi connectivity index (χ1n) is 6.01. The molecule has 1 aromatic carbocycles. The van der Waals surface area contributed by atoms with Crippen molar-refractivity contribution in [2.24, 2.45) is 0 Å². The Kier molecular flexibility index (Phi) is 6.79. The molecule has 5 nitrogen and oxygen atoms in total. The topological polar surface area (TPSA) is 94.1 Å². The maximum absolute atomic E-state index is 10.6. The molecule has 5 heteroatoms. The number of esters is 1. The molecule has 0 unspecified atom stereocenters. The Balaban J connectivity index is 0.000000459. The molecule has 3 N–H and O–H groups in total. The fraction of sp³-hybridized carbons (Fsp3) is 0.429. The molecule has 0 bridgehead atoms. The first-order chi connectivity index (χ1) is 8.67. The molecular weight excluding hydrogens is 246 g/mol. The van der Waals surface area contributed by atoms with Gasteiger partial charge in [-0.3, -0.25) is 4.79 Å². The Morgan fingerprint density at radius 1 is 1.32 bits per heavy atom. The van der Waals surface area contributed by atoms with Crippen LogP contribution in [0.5, 0.6) is 5.75 Å². The number of carbonyl (C=O) groups excluding carboxylic acids is 2. The number of ether oxygens (including phenoxy) is 1. The molecule has 0 spiro atoms. The summed E-state index contributed by atoms with van der Waals surface area (Å²) in [5.74, 6) is -1.92. The lowest BCUT2D eigenvalue weighted by molar-refractivity contribution is -0.466. The Labute approximate surface area is 113 Å². The van der Waals surface area contributed by atoms with Gasteiger partial charge in [0.25, 0.3) is 0 Å². The summed E-state index contributed by atoms with van der Waals surface area (Å²) < 4.78 is 4.65. The van der Waals surface area contributed by atoms with Crippen LogP contribution in [0.15, 0.2) is 24.3 Å². The van der Waals surface area contributed by atoms with Crippen LogP contribution < -0.4 is 15.6 Å². The summed E-state index contributed by atoms with van der Waals surface area (Å²) in [6.07, 6.45) is 1.16. The van der Waals surface area contributed by atoms with E-state index in [1.807, 2.05) is 0 Å². The van der Waals surface area contributed by atoms with E-state index in [1.54, 1.807) is 6.07 Å². The van der Waals surface area contributed by atoms with Crippen LogP contribution in [0.3, 0.4) is 0 Å². The van der Waals surface area contributed by atoms with Gasteiger partial charge in [0.15, 0.2) is 0 Å². The summed E-state index contributed by atoms with van der Waals surface area (Å²) in [5, 5.41) is 10.5. The fourth-order valence-electron chi connectivity index (χ4n) is 0.879. The fourth-order valence-corrected chi connectivity index (χ4v) is 0.879. The third-order valence-electron chi connectivity index (χ3n) is 2.32. The summed E-state index contributed by atoms with van der Waals surface area (Å²) in [5.41, 5.74) is 4.05. The molecule has 0 fully saturated rings. The first kappa shape index (κ1) is 17.1. The monoisotopic (exact) mass is 267 g/mol. The molecule has 0 heterocycles. The maximum atomic E-state index is 10.6. The zero-order chi connectivity index (χ0) is 15.1. The molecule has 19 heavy (non-hydrogen) atoms. The number of carboxylic acids is 1. The summed E-state index contributed by atoms with van der Waals surface area (Å²) in [6.45, 7) is 7.61. The van der Waals surface area contributed by atoms with E-state index in [9.17, 15) is 14.7 Å². The molecule has 0 amide bonds. The lowest BCUT2D eigenvalue weighted by atomic mass is 10.1. The van der Waals surface area contributed by atoms with E-state index in [4.69, 9.17) is 0 Å². The Bertz CT molecular complexity index is 435. The lowest BCUT2D eigenvalue weighted by Crippen LogP contribution is -2.68. The normalized spacial score (nSPS) is 10.2. The van der Waals surface area contributed by atoms with Crippen molar-refractivity contribution < 1.29 is 25.2 Å². The number of quaternary nitrogens is 1. The van der Waals surface area contributed by atoms with E-state index in [0.717, 1.165) is 6.42 Å². The molecule has 106 valence electrons. The van der Waals surface area contributed by atoms with Crippen molar-refractivity contribution in [1.29, 1.82) is 0 Å². The average molecular weight is 267 g/mol. The molecular formula is C14H21NO4. The van der Waals surface area contributed by atoms with Crippen molar-refractivity contribution >= 4 is 11.9 Å². The molecule has 0 atom stereocenters. The number of rotatable bonds is 3. The van der Waals surface area contributed by atoms with Crippen molar-refractivity contribution in [3.8, 4) is 5.75 Å². The smallest absolute Gasteiger partial charge is 0.308 e. The SMILES string of the molecule is CC(=O)Oc1ccccc1C(=O)[O-].CCC(C)(C)[NH3+]. The Morgan fingerprint density at radius 2 is 1.79 bits per heavy atom.